The molecule has 1 aromatic carbocycles. The van der Waals surface area contributed by atoms with Crippen molar-refractivity contribution in [1.82, 2.24) is 15.5 Å². The predicted molar refractivity (Wildman–Crippen MR) is 98.2 cm³/mol. The molecule has 0 aliphatic carbocycles. The number of carbonyl (C=O) groups is 1. The lowest BCUT2D eigenvalue weighted by molar-refractivity contribution is 0.141. The van der Waals surface area contributed by atoms with Crippen molar-refractivity contribution in [3.63, 3.8) is 0 Å². The third kappa shape index (κ3) is 4.51. The van der Waals surface area contributed by atoms with E-state index in [4.69, 9.17) is 0 Å². The molecule has 1 atom stereocenters. The molecule has 1 aromatic rings. The molecule has 0 radical (unpaired) electrons. The molecule has 5 heteroatoms. The molecule has 2 aliphatic rings. The van der Waals surface area contributed by atoms with E-state index in [0.717, 1.165) is 31.4 Å². The van der Waals surface area contributed by atoms with Crippen LogP contribution in [0.25, 0.3) is 0 Å². The van der Waals surface area contributed by atoms with Gasteiger partial charge in [-0.1, -0.05) is 12.1 Å². The van der Waals surface area contributed by atoms with Gasteiger partial charge in [-0.05, 0) is 64.7 Å². The second kappa shape index (κ2) is 6.60. The van der Waals surface area contributed by atoms with Gasteiger partial charge < -0.3 is 15.5 Å². The summed E-state index contributed by atoms with van der Waals surface area (Å²) in [6, 6.07) is 6.87. The number of rotatable bonds is 2. The first kappa shape index (κ1) is 18.2. The van der Waals surface area contributed by atoms with Gasteiger partial charge in [0.25, 0.3) is 0 Å². The van der Waals surface area contributed by atoms with E-state index in [9.17, 15) is 9.18 Å². The zero-order valence-corrected chi connectivity index (χ0v) is 15.7. The normalized spacial score (nSPS) is 25.8. The number of nitrogens with zero attached hydrogens (tertiary/aromatic N) is 1. The van der Waals surface area contributed by atoms with Crippen LogP contribution in [0.5, 0.6) is 0 Å². The van der Waals surface area contributed by atoms with Gasteiger partial charge in [-0.25, -0.2) is 9.18 Å². The summed E-state index contributed by atoms with van der Waals surface area (Å²) in [6.07, 6.45) is 2.79. The van der Waals surface area contributed by atoms with Crippen LogP contribution in [0, 0.1) is 5.82 Å². The van der Waals surface area contributed by atoms with Crippen molar-refractivity contribution in [2.45, 2.75) is 70.0 Å². The Hall–Kier alpha value is -1.62. The molecular weight excluding hydrogens is 317 g/mol. The van der Waals surface area contributed by atoms with Gasteiger partial charge in [-0.15, -0.1) is 0 Å². The molecule has 2 amide bonds. The minimum Gasteiger partial charge on any atom is -0.335 e. The van der Waals surface area contributed by atoms with Crippen LogP contribution in [-0.2, 0) is 0 Å². The van der Waals surface area contributed by atoms with Crippen LogP contribution in [0.2, 0.25) is 0 Å². The van der Waals surface area contributed by atoms with E-state index in [2.05, 4.69) is 38.3 Å². The summed E-state index contributed by atoms with van der Waals surface area (Å²) in [5.41, 5.74) is 1.14. The van der Waals surface area contributed by atoms with Gasteiger partial charge in [0, 0.05) is 36.1 Å². The Bertz CT molecular complexity index is 610. The summed E-state index contributed by atoms with van der Waals surface area (Å²) in [7, 11) is 0. The first-order valence-corrected chi connectivity index (χ1v) is 9.24. The molecule has 4 nitrogen and oxygen atoms in total. The molecule has 2 saturated heterocycles. The summed E-state index contributed by atoms with van der Waals surface area (Å²) in [6.45, 7) is 10.2. The van der Waals surface area contributed by atoms with Crippen molar-refractivity contribution in [3.05, 3.63) is 35.6 Å². The summed E-state index contributed by atoms with van der Waals surface area (Å²) in [5.74, 6) is 0.0831. The van der Waals surface area contributed by atoms with E-state index in [1.807, 2.05) is 17.0 Å². The highest BCUT2D eigenvalue weighted by atomic mass is 19.1. The van der Waals surface area contributed by atoms with Crippen LogP contribution in [0.1, 0.15) is 58.4 Å². The summed E-state index contributed by atoms with van der Waals surface area (Å²) >= 11 is 0. The fraction of sp³-hybridized carbons (Fsp3) is 0.650. The second-order valence-electron chi connectivity index (χ2n) is 8.93. The van der Waals surface area contributed by atoms with Gasteiger partial charge in [0.05, 0.1) is 0 Å². The first-order chi connectivity index (χ1) is 11.6. The van der Waals surface area contributed by atoms with Crippen molar-refractivity contribution in [1.29, 1.82) is 0 Å². The number of hydrogen-bond donors (Lipinski definition) is 2. The van der Waals surface area contributed by atoms with Crippen molar-refractivity contribution in [3.8, 4) is 0 Å². The van der Waals surface area contributed by atoms with Crippen molar-refractivity contribution in [2.24, 2.45) is 0 Å². The molecule has 25 heavy (non-hydrogen) atoms. The molecule has 3 rings (SSSR count). The van der Waals surface area contributed by atoms with Crippen molar-refractivity contribution < 1.29 is 9.18 Å². The molecule has 2 aliphatic heterocycles. The van der Waals surface area contributed by atoms with Crippen molar-refractivity contribution >= 4 is 6.03 Å². The maximum atomic E-state index is 13.1. The predicted octanol–water partition coefficient (Wildman–Crippen LogP) is 3.63. The van der Waals surface area contributed by atoms with E-state index in [-0.39, 0.29) is 29.0 Å². The smallest absolute Gasteiger partial charge is 0.317 e. The van der Waals surface area contributed by atoms with Crippen LogP contribution in [0.4, 0.5) is 9.18 Å². The summed E-state index contributed by atoms with van der Waals surface area (Å²) in [4.78, 5) is 14.6. The average Bonchev–Trinajstić information content (AvgIpc) is 2.94. The zero-order valence-electron chi connectivity index (χ0n) is 15.7. The Morgan fingerprint density at radius 1 is 1.16 bits per heavy atom. The Balaban J connectivity index is 1.58. The lowest BCUT2D eigenvalue weighted by atomic mass is 9.80. The zero-order chi connectivity index (χ0) is 18.2. The Morgan fingerprint density at radius 2 is 1.76 bits per heavy atom. The van der Waals surface area contributed by atoms with Gasteiger partial charge in [-0.3, -0.25) is 0 Å². The highest BCUT2D eigenvalue weighted by Gasteiger charge is 2.39. The van der Waals surface area contributed by atoms with Gasteiger partial charge >= 0.3 is 6.03 Å². The van der Waals surface area contributed by atoms with Crippen LogP contribution >= 0.6 is 0 Å². The SMILES string of the molecule is CC1(C)CC(NC(=O)N2CCC(c3ccc(F)cc3)C2)CC(C)(C)N1. The number of urea groups is 1. The van der Waals surface area contributed by atoms with E-state index in [0.29, 0.717) is 12.5 Å². The average molecular weight is 347 g/mol. The summed E-state index contributed by atoms with van der Waals surface area (Å²) < 4.78 is 13.1. The Labute approximate surface area is 150 Å². The van der Waals surface area contributed by atoms with Crippen molar-refractivity contribution in [2.75, 3.05) is 13.1 Å². The molecule has 2 fully saturated rings. The number of likely N-dealkylation sites (tertiary alicyclic amines) is 1. The number of benzene rings is 1. The molecular formula is C20H30FN3O. The number of carbonyl (C=O) groups excluding carboxylic acids is 1. The summed E-state index contributed by atoms with van der Waals surface area (Å²) in [5, 5.41) is 6.88. The van der Waals surface area contributed by atoms with E-state index in [1.54, 1.807) is 0 Å². The lowest BCUT2D eigenvalue weighted by Crippen LogP contribution is -2.62. The maximum absolute atomic E-state index is 13.1. The molecule has 0 saturated carbocycles. The number of piperidine rings is 1. The molecule has 2 heterocycles. The van der Waals surface area contributed by atoms with E-state index in [1.165, 1.54) is 12.1 Å². The highest BCUT2D eigenvalue weighted by molar-refractivity contribution is 5.75. The van der Waals surface area contributed by atoms with Crippen LogP contribution < -0.4 is 10.6 Å². The van der Waals surface area contributed by atoms with Crippen LogP contribution in [0.3, 0.4) is 0 Å². The van der Waals surface area contributed by atoms with Gasteiger partial charge in [0.1, 0.15) is 5.82 Å². The largest absolute Gasteiger partial charge is 0.335 e. The van der Waals surface area contributed by atoms with E-state index >= 15 is 0 Å². The highest BCUT2D eigenvalue weighted by Crippen LogP contribution is 2.30. The molecule has 0 aromatic heterocycles. The number of amides is 2. The minimum atomic E-state index is -0.215. The monoisotopic (exact) mass is 347 g/mol. The van der Waals surface area contributed by atoms with Gasteiger partial charge in [0.2, 0.25) is 0 Å². The topological polar surface area (TPSA) is 44.4 Å². The minimum absolute atomic E-state index is 0.0152. The Morgan fingerprint density at radius 3 is 2.36 bits per heavy atom. The Kier molecular flexibility index (Phi) is 4.80. The van der Waals surface area contributed by atoms with Gasteiger partial charge in [0.15, 0.2) is 0 Å². The third-order valence-corrected chi connectivity index (χ3v) is 5.33. The quantitative estimate of drug-likeness (QED) is 0.858. The number of nitrogens with one attached hydrogen (secondary N) is 2. The second-order valence-corrected chi connectivity index (χ2v) is 8.93. The molecule has 0 bridgehead atoms. The number of hydrogen-bond acceptors (Lipinski definition) is 2. The fourth-order valence-corrected chi connectivity index (χ4v) is 4.64. The first-order valence-electron chi connectivity index (χ1n) is 9.24. The number of halogens is 1. The molecule has 138 valence electrons. The maximum Gasteiger partial charge on any atom is 0.317 e. The fourth-order valence-electron chi connectivity index (χ4n) is 4.64. The lowest BCUT2D eigenvalue weighted by Gasteiger charge is -2.46. The molecule has 0 spiro atoms. The standard InChI is InChI=1S/C20H30FN3O/c1-19(2)11-17(12-20(3,4)23-19)22-18(25)24-10-9-15(13-24)14-5-7-16(21)8-6-14/h5-8,15,17,23H,9-13H2,1-4H3,(H,22,25). The molecule has 1 unspecified atom stereocenters. The van der Waals surface area contributed by atoms with E-state index < -0.39 is 0 Å². The van der Waals surface area contributed by atoms with Crippen LogP contribution in [-0.4, -0.2) is 41.1 Å². The molecule has 2 N–H and O–H groups in total. The van der Waals surface area contributed by atoms with Crippen LogP contribution in [0.15, 0.2) is 24.3 Å². The van der Waals surface area contributed by atoms with Gasteiger partial charge in [-0.2, -0.15) is 0 Å². The third-order valence-electron chi connectivity index (χ3n) is 5.33.